The number of ether oxygens (including phenoxy) is 3. The fourth-order valence-corrected chi connectivity index (χ4v) is 2.64. The second-order valence-corrected chi connectivity index (χ2v) is 6.14. The minimum Gasteiger partial charge on any atom is -0.493 e. The Morgan fingerprint density at radius 1 is 0.885 bits per heavy atom. The van der Waals surface area contributed by atoms with Crippen molar-refractivity contribution in [2.45, 2.75) is 27.7 Å². The maximum atomic E-state index is 12.4. The first-order valence-electron chi connectivity index (χ1n) is 8.37. The van der Waals surface area contributed by atoms with E-state index in [4.69, 9.17) is 14.2 Å². The Kier molecular flexibility index (Phi) is 6.39. The van der Waals surface area contributed by atoms with Crippen LogP contribution in [0.25, 0.3) is 0 Å². The van der Waals surface area contributed by atoms with E-state index < -0.39 is 5.97 Å². The first-order valence-corrected chi connectivity index (χ1v) is 8.37. The smallest absolute Gasteiger partial charge is 0.344 e. The van der Waals surface area contributed by atoms with Gasteiger partial charge in [0.2, 0.25) is 5.78 Å². The molecule has 0 fully saturated rings. The zero-order valence-corrected chi connectivity index (χ0v) is 15.8. The van der Waals surface area contributed by atoms with Gasteiger partial charge in [0.05, 0.1) is 7.11 Å². The van der Waals surface area contributed by atoms with Crippen LogP contribution in [0.3, 0.4) is 0 Å². The van der Waals surface area contributed by atoms with Gasteiger partial charge in [-0.25, -0.2) is 4.79 Å². The molecule has 2 aromatic carbocycles. The summed E-state index contributed by atoms with van der Waals surface area (Å²) in [5.74, 6) is 0.137. The molecular formula is C21H24O5. The zero-order valence-electron chi connectivity index (χ0n) is 15.8. The van der Waals surface area contributed by atoms with Crippen molar-refractivity contribution in [3.8, 4) is 11.5 Å². The van der Waals surface area contributed by atoms with Crippen molar-refractivity contribution in [2.75, 3.05) is 20.3 Å². The predicted octanol–water partition coefficient (Wildman–Crippen LogP) is 3.73. The number of para-hydroxylation sites is 2. The van der Waals surface area contributed by atoms with Gasteiger partial charge in [0.15, 0.2) is 24.7 Å². The molecule has 0 saturated heterocycles. The first-order chi connectivity index (χ1) is 12.3. The van der Waals surface area contributed by atoms with Gasteiger partial charge in [-0.2, -0.15) is 0 Å². The van der Waals surface area contributed by atoms with Crippen LogP contribution in [-0.2, 0) is 9.53 Å². The molecule has 5 heteroatoms. The van der Waals surface area contributed by atoms with E-state index in [0.717, 1.165) is 16.7 Å². The number of Topliss-reactive ketones (excluding diaryl/α,β-unsaturated/α-hetero) is 1. The normalized spacial score (nSPS) is 10.3. The van der Waals surface area contributed by atoms with Gasteiger partial charge in [-0.15, -0.1) is 0 Å². The second kappa shape index (κ2) is 8.52. The van der Waals surface area contributed by atoms with Gasteiger partial charge >= 0.3 is 5.97 Å². The molecule has 0 aliphatic rings. The number of aryl methyl sites for hydroxylation is 1. The summed E-state index contributed by atoms with van der Waals surface area (Å²) in [5.41, 5.74) is 4.80. The molecule has 0 atom stereocenters. The van der Waals surface area contributed by atoms with Crippen LogP contribution >= 0.6 is 0 Å². The summed E-state index contributed by atoms with van der Waals surface area (Å²) >= 11 is 0. The molecule has 0 aliphatic heterocycles. The van der Waals surface area contributed by atoms with Crippen LogP contribution in [0.15, 0.2) is 30.3 Å². The van der Waals surface area contributed by atoms with Gasteiger partial charge in [0.1, 0.15) is 0 Å². The average molecular weight is 356 g/mol. The number of carbonyl (C=O) groups is 2. The van der Waals surface area contributed by atoms with E-state index in [0.29, 0.717) is 17.1 Å². The minimum atomic E-state index is -0.609. The Morgan fingerprint density at radius 3 is 2.19 bits per heavy atom. The largest absolute Gasteiger partial charge is 0.493 e. The number of hydrogen-bond acceptors (Lipinski definition) is 5. The fourth-order valence-electron chi connectivity index (χ4n) is 2.64. The molecule has 0 N–H and O–H groups in total. The lowest BCUT2D eigenvalue weighted by Gasteiger charge is -2.14. The molecule has 0 heterocycles. The molecule has 0 aliphatic carbocycles. The number of hydrogen-bond donors (Lipinski definition) is 0. The molecule has 26 heavy (non-hydrogen) atoms. The van der Waals surface area contributed by atoms with E-state index in [1.807, 2.05) is 33.8 Å². The van der Waals surface area contributed by atoms with Crippen molar-refractivity contribution < 1.29 is 23.8 Å². The number of carbonyl (C=O) groups excluding carboxylic acids is 2. The SMILES string of the molecule is COc1ccccc1OCC(=O)OCC(=O)c1cc(C)c(C)c(C)c1C. The monoisotopic (exact) mass is 356 g/mol. The lowest BCUT2D eigenvalue weighted by molar-refractivity contribution is -0.144. The van der Waals surface area contributed by atoms with E-state index in [1.54, 1.807) is 24.3 Å². The van der Waals surface area contributed by atoms with E-state index in [1.165, 1.54) is 12.7 Å². The zero-order chi connectivity index (χ0) is 19.3. The summed E-state index contributed by atoms with van der Waals surface area (Å²) in [4.78, 5) is 24.3. The third kappa shape index (κ3) is 4.42. The molecule has 0 spiro atoms. The van der Waals surface area contributed by atoms with Gasteiger partial charge in [-0.05, 0) is 68.1 Å². The highest BCUT2D eigenvalue weighted by atomic mass is 16.6. The Hall–Kier alpha value is -2.82. The van der Waals surface area contributed by atoms with Crippen molar-refractivity contribution in [3.05, 3.63) is 58.1 Å². The molecule has 138 valence electrons. The van der Waals surface area contributed by atoms with Gasteiger partial charge in [-0.1, -0.05) is 12.1 Å². The van der Waals surface area contributed by atoms with Crippen LogP contribution in [-0.4, -0.2) is 32.1 Å². The van der Waals surface area contributed by atoms with Crippen molar-refractivity contribution in [2.24, 2.45) is 0 Å². The van der Waals surface area contributed by atoms with Crippen molar-refractivity contribution in [3.63, 3.8) is 0 Å². The van der Waals surface area contributed by atoms with Gasteiger partial charge in [0, 0.05) is 5.56 Å². The molecule has 0 saturated carbocycles. The molecule has 5 nitrogen and oxygen atoms in total. The Labute approximate surface area is 153 Å². The van der Waals surface area contributed by atoms with Gasteiger partial charge < -0.3 is 14.2 Å². The third-order valence-electron chi connectivity index (χ3n) is 4.56. The van der Waals surface area contributed by atoms with Gasteiger partial charge in [-0.3, -0.25) is 4.79 Å². The standard InChI is InChI=1S/C21H24O5/c1-13-10-17(16(4)15(3)14(13)2)18(22)11-26-21(23)12-25-20-9-7-6-8-19(20)24-5/h6-10H,11-12H2,1-5H3. The lowest BCUT2D eigenvalue weighted by atomic mass is 9.93. The molecule has 0 amide bonds. The topological polar surface area (TPSA) is 61.8 Å². The third-order valence-corrected chi connectivity index (χ3v) is 4.56. The molecule has 0 bridgehead atoms. The van der Waals surface area contributed by atoms with E-state index in [2.05, 4.69) is 0 Å². The Balaban J connectivity index is 1.94. The molecule has 0 unspecified atom stereocenters. The van der Waals surface area contributed by atoms with Crippen LogP contribution < -0.4 is 9.47 Å². The molecular weight excluding hydrogens is 332 g/mol. The highest BCUT2D eigenvalue weighted by Gasteiger charge is 2.16. The Bertz CT molecular complexity index is 823. The summed E-state index contributed by atoms with van der Waals surface area (Å²) < 4.78 is 15.6. The number of methoxy groups -OCH3 is 1. The highest BCUT2D eigenvalue weighted by Crippen LogP contribution is 2.25. The van der Waals surface area contributed by atoms with E-state index >= 15 is 0 Å². The molecule has 2 rings (SSSR count). The van der Waals surface area contributed by atoms with Crippen LogP contribution in [0.1, 0.15) is 32.6 Å². The van der Waals surface area contributed by atoms with Crippen molar-refractivity contribution in [1.29, 1.82) is 0 Å². The highest BCUT2D eigenvalue weighted by molar-refractivity contribution is 5.99. The second-order valence-electron chi connectivity index (χ2n) is 6.14. The maximum Gasteiger partial charge on any atom is 0.344 e. The quantitative estimate of drug-likeness (QED) is 0.559. The first kappa shape index (κ1) is 19.5. The summed E-state index contributed by atoms with van der Waals surface area (Å²) in [7, 11) is 1.52. The van der Waals surface area contributed by atoms with Crippen LogP contribution in [0, 0.1) is 27.7 Å². The summed E-state index contributed by atoms with van der Waals surface area (Å²) in [6, 6.07) is 8.85. The van der Waals surface area contributed by atoms with E-state index in [-0.39, 0.29) is 19.0 Å². The average Bonchev–Trinajstić information content (AvgIpc) is 2.65. The number of benzene rings is 2. The summed E-state index contributed by atoms with van der Waals surface area (Å²) in [6.45, 7) is 7.28. The van der Waals surface area contributed by atoms with Gasteiger partial charge in [0.25, 0.3) is 0 Å². The van der Waals surface area contributed by atoms with Crippen LogP contribution in [0.5, 0.6) is 11.5 Å². The fraction of sp³-hybridized carbons (Fsp3) is 0.333. The number of esters is 1. The van der Waals surface area contributed by atoms with Crippen molar-refractivity contribution >= 4 is 11.8 Å². The number of rotatable bonds is 7. The number of ketones is 1. The Morgan fingerprint density at radius 2 is 1.54 bits per heavy atom. The van der Waals surface area contributed by atoms with Crippen molar-refractivity contribution in [1.82, 2.24) is 0 Å². The lowest BCUT2D eigenvalue weighted by Crippen LogP contribution is -2.20. The maximum absolute atomic E-state index is 12.4. The molecule has 0 radical (unpaired) electrons. The van der Waals surface area contributed by atoms with E-state index in [9.17, 15) is 9.59 Å². The molecule has 0 aromatic heterocycles. The molecule has 2 aromatic rings. The summed E-state index contributed by atoms with van der Waals surface area (Å²) in [6.07, 6.45) is 0. The van der Waals surface area contributed by atoms with Crippen LogP contribution in [0.4, 0.5) is 0 Å². The minimum absolute atomic E-state index is 0.223. The van der Waals surface area contributed by atoms with Crippen LogP contribution in [0.2, 0.25) is 0 Å². The predicted molar refractivity (Wildman–Crippen MR) is 99.2 cm³/mol. The summed E-state index contributed by atoms with van der Waals surface area (Å²) in [5, 5.41) is 0.